The fourth-order valence-corrected chi connectivity index (χ4v) is 2.70. The number of nitrogens with zero attached hydrogens (tertiary/aromatic N) is 1. The van der Waals surface area contributed by atoms with Crippen molar-refractivity contribution in [2.24, 2.45) is 0 Å². The zero-order valence-electron chi connectivity index (χ0n) is 9.01. The Hall–Kier alpha value is -1.69. The molecule has 2 heterocycles. The lowest BCUT2D eigenvalue weighted by molar-refractivity contribution is -0.125. The van der Waals surface area contributed by atoms with Crippen LogP contribution in [0.4, 0.5) is 5.00 Å². The third kappa shape index (κ3) is 2.21. The van der Waals surface area contributed by atoms with Crippen molar-refractivity contribution in [3.63, 3.8) is 0 Å². The summed E-state index contributed by atoms with van der Waals surface area (Å²) in [6.07, 6.45) is 1.94. The van der Waals surface area contributed by atoms with Gasteiger partial charge in [0, 0.05) is 12.8 Å². The first-order chi connectivity index (χ1) is 8.11. The van der Waals surface area contributed by atoms with Crippen molar-refractivity contribution in [2.75, 3.05) is 4.90 Å². The standard InChI is InChI=1S/C11H11NO4S/c13-8-3-1-2-4-9(14)12(8)10-7(11(15)16)5-6-17-10/h5-6H,1-4H2,(H,15,16). The molecule has 1 aliphatic heterocycles. The Morgan fingerprint density at radius 3 is 2.35 bits per heavy atom. The molecular formula is C11H11NO4S. The molecule has 2 amide bonds. The van der Waals surface area contributed by atoms with Crippen LogP contribution in [-0.4, -0.2) is 22.9 Å². The van der Waals surface area contributed by atoms with Crippen molar-refractivity contribution in [3.8, 4) is 0 Å². The van der Waals surface area contributed by atoms with Crippen molar-refractivity contribution >= 4 is 34.1 Å². The Balaban J connectivity index is 2.42. The van der Waals surface area contributed by atoms with Crippen LogP contribution in [0, 0.1) is 0 Å². The Labute approximate surface area is 102 Å². The normalized spacial score (nSPS) is 17.1. The van der Waals surface area contributed by atoms with Crippen LogP contribution in [0.2, 0.25) is 0 Å². The number of hydrogen-bond acceptors (Lipinski definition) is 4. The number of carboxylic acid groups (broad SMARTS) is 1. The van der Waals surface area contributed by atoms with Gasteiger partial charge >= 0.3 is 5.97 Å². The van der Waals surface area contributed by atoms with Crippen LogP contribution in [0.3, 0.4) is 0 Å². The molecule has 2 rings (SSSR count). The molecule has 6 heteroatoms. The molecule has 0 spiro atoms. The molecule has 1 saturated heterocycles. The van der Waals surface area contributed by atoms with Gasteiger partial charge in [-0.3, -0.25) is 9.59 Å². The van der Waals surface area contributed by atoms with E-state index in [1.165, 1.54) is 6.07 Å². The van der Waals surface area contributed by atoms with Crippen molar-refractivity contribution in [1.82, 2.24) is 0 Å². The second-order valence-electron chi connectivity index (χ2n) is 3.77. The zero-order chi connectivity index (χ0) is 12.4. The van der Waals surface area contributed by atoms with Gasteiger partial charge < -0.3 is 5.11 Å². The summed E-state index contributed by atoms with van der Waals surface area (Å²) in [4.78, 5) is 35.6. The molecule has 1 aliphatic rings. The van der Waals surface area contributed by atoms with Gasteiger partial charge in [0.05, 0.1) is 5.56 Å². The number of carbonyl (C=O) groups is 3. The van der Waals surface area contributed by atoms with Crippen LogP contribution in [0.15, 0.2) is 11.4 Å². The average Bonchev–Trinajstić information content (AvgIpc) is 2.67. The monoisotopic (exact) mass is 253 g/mol. The fourth-order valence-electron chi connectivity index (χ4n) is 1.78. The first-order valence-electron chi connectivity index (χ1n) is 5.28. The molecule has 0 unspecified atom stereocenters. The van der Waals surface area contributed by atoms with Crippen molar-refractivity contribution in [1.29, 1.82) is 0 Å². The smallest absolute Gasteiger partial charge is 0.338 e. The Bertz CT molecular complexity index is 462. The Kier molecular flexibility index (Phi) is 3.23. The molecule has 0 bridgehead atoms. The lowest BCUT2D eigenvalue weighted by atomic mass is 10.2. The van der Waals surface area contributed by atoms with Crippen molar-refractivity contribution < 1.29 is 19.5 Å². The topological polar surface area (TPSA) is 74.7 Å². The van der Waals surface area contributed by atoms with Gasteiger partial charge in [-0.25, -0.2) is 9.69 Å². The molecular weight excluding hydrogens is 242 g/mol. The van der Waals surface area contributed by atoms with Gasteiger partial charge in [-0.15, -0.1) is 11.3 Å². The first-order valence-corrected chi connectivity index (χ1v) is 6.16. The molecule has 90 valence electrons. The summed E-state index contributed by atoms with van der Waals surface area (Å²) in [7, 11) is 0. The first kappa shape index (κ1) is 11.8. The predicted octanol–water partition coefficient (Wildman–Crippen LogP) is 1.88. The Morgan fingerprint density at radius 2 is 1.82 bits per heavy atom. The zero-order valence-corrected chi connectivity index (χ0v) is 9.83. The largest absolute Gasteiger partial charge is 0.478 e. The fraction of sp³-hybridized carbons (Fsp3) is 0.364. The van der Waals surface area contributed by atoms with Gasteiger partial charge in [0.15, 0.2) is 0 Å². The number of carboxylic acids is 1. The number of anilines is 1. The quantitative estimate of drug-likeness (QED) is 0.816. The van der Waals surface area contributed by atoms with Gasteiger partial charge in [0.2, 0.25) is 11.8 Å². The summed E-state index contributed by atoms with van der Waals surface area (Å²) < 4.78 is 0. The van der Waals surface area contributed by atoms with Gasteiger partial charge in [-0.2, -0.15) is 0 Å². The third-order valence-corrected chi connectivity index (χ3v) is 3.51. The van der Waals surface area contributed by atoms with E-state index in [0.29, 0.717) is 25.7 Å². The highest BCUT2D eigenvalue weighted by Crippen LogP contribution is 2.30. The number of hydrogen-bond donors (Lipinski definition) is 1. The lowest BCUT2D eigenvalue weighted by Crippen LogP contribution is -2.35. The molecule has 5 nitrogen and oxygen atoms in total. The van der Waals surface area contributed by atoms with E-state index in [2.05, 4.69) is 0 Å². The van der Waals surface area contributed by atoms with Crippen LogP contribution < -0.4 is 4.90 Å². The molecule has 0 saturated carbocycles. The summed E-state index contributed by atoms with van der Waals surface area (Å²) in [6, 6.07) is 1.41. The van der Waals surface area contributed by atoms with E-state index in [-0.39, 0.29) is 22.4 Å². The lowest BCUT2D eigenvalue weighted by Gasteiger charge is -2.17. The van der Waals surface area contributed by atoms with Crippen LogP contribution in [0.25, 0.3) is 0 Å². The van der Waals surface area contributed by atoms with Gasteiger partial charge in [0.1, 0.15) is 5.00 Å². The highest BCUT2D eigenvalue weighted by atomic mass is 32.1. The van der Waals surface area contributed by atoms with Crippen molar-refractivity contribution in [3.05, 3.63) is 17.0 Å². The van der Waals surface area contributed by atoms with E-state index in [4.69, 9.17) is 5.11 Å². The minimum Gasteiger partial charge on any atom is -0.478 e. The minimum absolute atomic E-state index is 0.0126. The number of carbonyl (C=O) groups excluding carboxylic acids is 2. The van der Waals surface area contributed by atoms with Crippen LogP contribution >= 0.6 is 11.3 Å². The molecule has 17 heavy (non-hydrogen) atoms. The van der Waals surface area contributed by atoms with E-state index in [0.717, 1.165) is 16.2 Å². The summed E-state index contributed by atoms with van der Waals surface area (Å²) in [5.41, 5.74) is 0.0126. The number of thiophene rings is 1. The van der Waals surface area contributed by atoms with E-state index in [1.807, 2.05) is 0 Å². The van der Waals surface area contributed by atoms with Crippen LogP contribution in [-0.2, 0) is 9.59 Å². The molecule has 0 aliphatic carbocycles. The maximum absolute atomic E-state index is 11.8. The van der Waals surface area contributed by atoms with E-state index < -0.39 is 5.97 Å². The number of amides is 2. The number of aromatic carboxylic acids is 1. The summed E-state index contributed by atoms with van der Waals surface area (Å²) in [5.74, 6) is -1.74. The second-order valence-corrected chi connectivity index (χ2v) is 4.67. The molecule has 1 fully saturated rings. The maximum atomic E-state index is 11.8. The summed E-state index contributed by atoms with van der Waals surface area (Å²) in [6.45, 7) is 0. The summed E-state index contributed by atoms with van der Waals surface area (Å²) in [5, 5.41) is 10.8. The minimum atomic E-state index is -1.12. The third-order valence-electron chi connectivity index (χ3n) is 2.61. The van der Waals surface area contributed by atoms with E-state index >= 15 is 0 Å². The van der Waals surface area contributed by atoms with Crippen molar-refractivity contribution in [2.45, 2.75) is 25.7 Å². The van der Waals surface area contributed by atoms with Gasteiger partial charge in [-0.1, -0.05) is 0 Å². The maximum Gasteiger partial charge on any atom is 0.338 e. The van der Waals surface area contributed by atoms with Gasteiger partial charge in [-0.05, 0) is 24.3 Å². The predicted molar refractivity (Wildman–Crippen MR) is 62.2 cm³/mol. The molecule has 0 radical (unpaired) electrons. The average molecular weight is 253 g/mol. The van der Waals surface area contributed by atoms with E-state index in [9.17, 15) is 14.4 Å². The van der Waals surface area contributed by atoms with Crippen LogP contribution in [0.1, 0.15) is 36.0 Å². The highest BCUT2D eigenvalue weighted by Gasteiger charge is 2.29. The number of imide groups is 1. The second kappa shape index (κ2) is 4.67. The Morgan fingerprint density at radius 1 is 1.24 bits per heavy atom. The molecule has 1 aromatic heterocycles. The molecule has 0 atom stereocenters. The van der Waals surface area contributed by atoms with E-state index in [1.54, 1.807) is 5.38 Å². The molecule has 1 aromatic rings. The SMILES string of the molecule is O=C(O)c1ccsc1N1C(=O)CCCCC1=O. The summed E-state index contributed by atoms with van der Waals surface area (Å²) >= 11 is 1.10. The number of rotatable bonds is 2. The highest BCUT2D eigenvalue weighted by molar-refractivity contribution is 7.15. The van der Waals surface area contributed by atoms with Crippen LogP contribution in [0.5, 0.6) is 0 Å². The van der Waals surface area contributed by atoms with Gasteiger partial charge in [0.25, 0.3) is 0 Å². The molecule has 0 aromatic carbocycles. The molecule has 1 N–H and O–H groups in total.